The molecule has 5 nitrogen and oxygen atoms in total. The summed E-state index contributed by atoms with van der Waals surface area (Å²) in [6, 6.07) is 10.7. The van der Waals surface area contributed by atoms with E-state index in [0.29, 0.717) is 16.5 Å². The molecule has 0 radical (unpaired) electrons. The zero-order valence-corrected chi connectivity index (χ0v) is 11.4. The molecule has 0 aliphatic rings. The Morgan fingerprint density at radius 1 is 1.40 bits per heavy atom. The highest BCUT2D eigenvalue weighted by Crippen LogP contribution is 2.09. The number of aromatic amines is 1. The summed E-state index contributed by atoms with van der Waals surface area (Å²) in [6.45, 7) is 0.206. The normalized spacial score (nSPS) is 11.9. The van der Waals surface area contributed by atoms with Gasteiger partial charge in [0.2, 0.25) is 0 Å². The first-order chi connectivity index (χ1) is 9.65. The summed E-state index contributed by atoms with van der Waals surface area (Å²) in [4.78, 5) is 14.4. The molecule has 0 spiro atoms. The van der Waals surface area contributed by atoms with Crippen molar-refractivity contribution < 1.29 is 14.6 Å². The van der Waals surface area contributed by atoms with Crippen LogP contribution in [0.25, 0.3) is 0 Å². The zero-order chi connectivity index (χ0) is 14.4. The summed E-state index contributed by atoms with van der Waals surface area (Å²) < 4.78 is 5.38. The Morgan fingerprint density at radius 3 is 2.80 bits per heavy atom. The lowest BCUT2D eigenvalue weighted by molar-refractivity contribution is 0.0840. The predicted octanol–water partition coefficient (Wildman–Crippen LogP) is 1.84. The average molecular weight is 295 g/mol. The van der Waals surface area contributed by atoms with E-state index in [1.54, 1.807) is 12.1 Å². The number of rotatable bonds is 6. The van der Waals surface area contributed by atoms with E-state index in [9.17, 15) is 9.90 Å². The number of aliphatic hydroxyl groups is 1. The third-order valence-electron chi connectivity index (χ3n) is 2.58. The van der Waals surface area contributed by atoms with Crippen LogP contribution in [0.4, 0.5) is 0 Å². The Bertz CT molecular complexity index is 557. The highest BCUT2D eigenvalue weighted by Gasteiger charge is 2.11. The van der Waals surface area contributed by atoms with Gasteiger partial charge in [-0.05, 0) is 18.2 Å². The molecule has 0 saturated heterocycles. The molecular formula is C14H15ClN2O3. The second-order valence-corrected chi connectivity index (χ2v) is 4.66. The SMILES string of the molecule is O=C(NC[C@H](O)COc1ccccc1)c1cc(Cl)c[nH]1. The van der Waals surface area contributed by atoms with Crippen LogP contribution in [0.15, 0.2) is 42.6 Å². The van der Waals surface area contributed by atoms with Crippen molar-refractivity contribution in [3.8, 4) is 5.75 Å². The third kappa shape index (κ3) is 4.29. The molecule has 3 N–H and O–H groups in total. The fourth-order valence-corrected chi connectivity index (χ4v) is 1.74. The highest BCUT2D eigenvalue weighted by atomic mass is 35.5. The Balaban J connectivity index is 1.72. The van der Waals surface area contributed by atoms with Crippen LogP contribution in [0.3, 0.4) is 0 Å². The number of nitrogens with one attached hydrogen (secondary N) is 2. The lowest BCUT2D eigenvalue weighted by atomic mass is 10.3. The van der Waals surface area contributed by atoms with Gasteiger partial charge in [0.25, 0.3) is 5.91 Å². The maximum atomic E-state index is 11.7. The van der Waals surface area contributed by atoms with Crippen molar-refractivity contribution >= 4 is 17.5 Å². The minimum Gasteiger partial charge on any atom is -0.491 e. The fraction of sp³-hybridized carbons (Fsp3) is 0.214. The van der Waals surface area contributed by atoms with E-state index in [-0.39, 0.29) is 19.1 Å². The van der Waals surface area contributed by atoms with Crippen LogP contribution in [-0.4, -0.2) is 35.3 Å². The molecule has 106 valence electrons. The van der Waals surface area contributed by atoms with Crippen LogP contribution in [0.1, 0.15) is 10.5 Å². The van der Waals surface area contributed by atoms with Crippen LogP contribution >= 0.6 is 11.6 Å². The Labute approximate surface area is 121 Å². The van der Waals surface area contributed by atoms with Gasteiger partial charge in [-0.25, -0.2) is 0 Å². The minimum atomic E-state index is -0.787. The molecule has 1 heterocycles. The third-order valence-corrected chi connectivity index (χ3v) is 2.79. The number of H-pyrrole nitrogens is 1. The fourth-order valence-electron chi connectivity index (χ4n) is 1.57. The number of carbonyl (C=O) groups excluding carboxylic acids is 1. The van der Waals surface area contributed by atoms with Crippen molar-refractivity contribution in [2.45, 2.75) is 6.10 Å². The molecule has 6 heteroatoms. The van der Waals surface area contributed by atoms with Crippen LogP contribution < -0.4 is 10.1 Å². The van der Waals surface area contributed by atoms with Gasteiger partial charge in [-0.15, -0.1) is 0 Å². The summed E-state index contributed by atoms with van der Waals surface area (Å²) in [5.41, 5.74) is 0.353. The Kier molecular flexibility index (Phi) is 5.03. The van der Waals surface area contributed by atoms with Crippen LogP contribution in [0, 0.1) is 0 Å². The molecule has 0 unspecified atom stereocenters. The summed E-state index contributed by atoms with van der Waals surface area (Å²) >= 11 is 5.70. The van der Waals surface area contributed by atoms with Gasteiger partial charge in [-0.1, -0.05) is 29.8 Å². The first-order valence-corrected chi connectivity index (χ1v) is 6.51. The van der Waals surface area contributed by atoms with Crippen molar-refractivity contribution in [3.63, 3.8) is 0 Å². The largest absolute Gasteiger partial charge is 0.491 e. The van der Waals surface area contributed by atoms with E-state index >= 15 is 0 Å². The van der Waals surface area contributed by atoms with Gasteiger partial charge >= 0.3 is 0 Å². The van der Waals surface area contributed by atoms with Gasteiger partial charge in [0.15, 0.2) is 0 Å². The second kappa shape index (κ2) is 6.98. The van der Waals surface area contributed by atoms with Crippen molar-refractivity contribution in [1.82, 2.24) is 10.3 Å². The average Bonchev–Trinajstić information content (AvgIpc) is 2.90. The quantitative estimate of drug-likeness (QED) is 0.761. The van der Waals surface area contributed by atoms with Gasteiger partial charge in [-0.2, -0.15) is 0 Å². The molecule has 0 bridgehead atoms. The number of aliphatic hydroxyl groups excluding tert-OH is 1. The number of ether oxygens (including phenoxy) is 1. The number of benzene rings is 1. The first-order valence-electron chi connectivity index (χ1n) is 6.13. The lowest BCUT2D eigenvalue weighted by Gasteiger charge is -2.12. The number of amides is 1. The summed E-state index contributed by atoms with van der Waals surface area (Å²) in [7, 11) is 0. The number of hydrogen-bond donors (Lipinski definition) is 3. The van der Waals surface area contributed by atoms with Crippen LogP contribution in [0.2, 0.25) is 5.02 Å². The van der Waals surface area contributed by atoms with E-state index in [1.807, 2.05) is 18.2 Å². The number of hydrogen-bond acceptors (Lipinski definition) is 3. The summed E-state index contributed by atoms with van der Waals surface area (Å²) in [5.74, 6) is 0.352. The van der Waals surface area contributed by atoms with Gasteiger partial charge in [-0.3, -0.25) is 4.79 Å². The van der Waals surface area contributed by atoms with Gasteiger partial charge < -0.3 is 20.1 Å². The lowest BCUT2D eigenvalue weighted by Crippen LogP contribution is -2.35. The van der Waals surface area contributed by atoms with E-state index in [1.165, 1.54) is 12.3 Å². The van der Waals surface area contributed by atoms with E-state index in [4.69, 9.17) is 16.3 Å². The van der Waals surface area contributed by atoms with Gasteiger partial charge in [0.05, 0.1) is 5.02 Å². The molecule has 1 aromatic heterocycles. The van der Waals surface area contributed by atoms with E-state index in [2.05, 4.69) is 10.3 Å². The molecule has 1 aromatic carbocycles. The monoisotopic (exact) mass is 294 g/mol. The maximum absolute atomic E-state index is 11.7. The molecular weight excluding hydrogens is 280 g/mol. The first kappa shape index (κ1) is 14.4. The van der Waals surface area contributed by atoms with Gasteiger partial charge in [0.1, 0.15) is 24.2 Å². The van der Waals surface area contributed by atoms with Crippen molar-refractivity contribution in [2.24, 2.45) is 0 Å². The Hall–Kier alpha value is -1.98. The van der Waals surface area contributed by atoms with Crippen LogP contribution in [-0.2, 0) is 0 Å². The molecule has 0 saturated carbocycles. The molecule has 2 rings (SSSR count). The predicted molar refractivity (Wildman–Crippen MR) is 76.1 cm³/mol. The van der Waals surface area contributed by atoms with Crippen molar-refractivity contribution in [3.05, 3.63) is 53.3 Å². The molecule has 0 aliphatic heterocycles. The van der Waals surface area contributed by atoms with Gasteiger partial charge in [0, 0.05) is 12.7 Å². The number of aromatic nitrogens is 1. The Morgan fingerprint density at radius 2 is 2.15 bits per heavy atom. The number of carbonyl (C=O) groups is 1. The summed E-state index contributed by atoms with van der Waals surface area (Å²) in [6.07, 6.45) is 0.732. The molecule has 2 aromatic rings. The highest BCUT2D eigenvalue weighted by molar-refractivity contribution is 6.30. The number of para-hydroxylation sites is 1. The molecule has 1 atom stereocenters. The molecule has 0 fully saturated rings. The van der Waals surface area contributed by atoms with E-state index in [0.717, 1.165) is 0 Å². The minimum absolute atomic E-state index is 0.0995. The second-order valence-electron chi connectivity index (χ2n) is 4.22. The van der Waals surface area contributed by atoms with Crippen molar-refractivity contribution in [2.75, 3.05) is 13.2 Å². The topological polar surface area (TPSA) is 74.3 Å². The summed E-state index contributed by atoms with van der Waals surface area (Å²) in [5, 5.41) is 12.8. The smallest absolute Gasteiger partial charge is 0.267 e. The molecule has 20 heavy (non-hydrogen) atoms. The van der Waals surface area contributed by atoms with E-state index < -0.39 is 6.10 Å². The van der Waals surface area contributed by atoms with Crippen molar-refractivity contribution in [1.29, 1.82) is 0 Å². The molecule has 0 aliphatic carbocycles. The zero-order valence-electron chi connectivity index (χ0n) is 10.7. The van der Waals surface area contributed by atoms with Crippen LogP contribution in [0.5, 0.6) is 5.75 Å². The standard InChI is InChI=1S/C14H15ClN2O3/c15-10-6-13(16-7-10)14(19)17-8-11(18)9-20-12-4-2-1-3-5-12/h1-7,11,16,18H,8-9H2,(H,17,19)/t11-/m0/s1. The maximum Gasteiger partial charge on any atom is 0.267 e. The number of halogens is 1. The molecule has 1 amide bonds.